The van der Waals surface area contributed by atoms with Crippen molar-refractivity contribution in [3.63, 3.8) is 0 Å². The van der Waals surface area contributed by atoms with Gasteiger partial charge in [0.25, 0.3) is 5.22 Å². The summed E-state index contributed by atoms with van der Waals surface area (Å²) >= 11 is 1.19. The van der Waals surface area contributed by atoms with E-state index in [-0.39, 0.29) is 41.6 Å². The quantitative estimate of drug-likeness (QED) is 0.492. The van der Waals surface area contributed by atoms with Crippen molar-refractivity contribution in [3.8, 4) is 0 Å². The van der Waals surface area contributed by atoms with E-state index in [1.807, 2.05) is 4.90 Å². The molecule has 156 valence electrons. The Kier molecular flexibility index (Phi) is 6.83. The number of imide groups is 1. The molecule has 1 unspecified atom stereocenters. The van der Waals surface area contributed by atoms with Crippen LogP contribution >= 0.6 is 11.8 Å². The summed E-state index contributed by atoms with van der Waals surface area (Å²) in [5.41, 5.74) is 0.419. The van der Waals surface area contributed by atoms with Gasteiger partial charge in [0.05, 0.1) is 11.7 Å². The number of piperidine rings is 1. The number of nitrogens with zero attached hydrogens (tertiary/aromatic N) is 5. The van der Waals surface area contributed by atoms with Crippen LogP contribution in [0.2, 0.25) is 0 Å². The maximum atomic E-state index is 12.6. The van der Waals surface area contributed by atoms with E-state index in [4.69, 9.17) is 4.42 Å². The monoisotopic (exact) mass is 419 g/mol. The van der Waals surface area contributed by atoms with Crippen molar-refractivity contribution in [1.29, 1.82) is 0 Å². The predicted octanol–water partition coefficient (Wildman–Crippen LogP) is 2.19. The largest absolute Gasteiger partial charge is 0.416 e. The van der Waals surface area contributed by atoms with Crippen LogP contribution in [-0.2, 0) is 16.0 Å². The molecular formula is C19H25N5O4S. The third-order valence-corrected chi connectivity index (χ3v) is 5.97. The number of aliphatic imine (C=N–C) groups is 1. The minimum Gasteiger partial charge on any atom is -0.416 e. The second-order valence-electron chi connectivity index (χ2n) is 7.34. The van der Waals surface area contributed by atoms with Crippen molar-refractivity contribution in [3.05, 3.63) is 18.5 Å². The Morgan fingerprint density at radius 3 is 2.72 bits per heavy atom. The van der Waals surface area contributed by atoms with E-state index < -0.39 is 11.9 Å². The van der Waals surface area contributed by atoms with Crippen molar-refractivity contribution >= 4 is 35.3 Å². The van der Waals surface area contributed by atoms with Crippen molar-refractivity contribution < 1.29 is 18.8 Å². The Hall–Kier alpha value is -2.49. The summed E-state index contributed by atoms with van der Waals surface area (Å²) in [7, 11) is 0. The Morgan fingerprint density at radius 2 is 2.03 bits per heavy atom. The molecule has 2 aliphatic rings. The lowest BCUT2D eigenvalue weighted by molar-refractivity contribution is -0.130. The van der Waals surface area contributed by atoms with Crippen LogP contribution in [0.5, 0.6) is 0 Å². The number of hydrogen-bond donors (Lipinski definition) is 0. The van der Waals surface area contributed by atoms with Crippen LogP contribution in [0, 0.1) is 11.8 Å². The van der Waals surface area contributed by atoms with Gasteiger partial charge < -0.3 is 9.32 Å². The van der Waals surface area contributed by atoms with Crippen LogP contribution in [0.15, 0.2) is 27.3 Å². The van der Waals surface area contributed by atoms with Gasteiger partial charge in [-0.15, -0.1) is 16.8 Å². The summed E-state index contributed by atoms with van der Waals surface area (Å²) in [6.45, 7) is 9.08. The number of hydrogen-bond acceptors (Lipinski definition) is 7. The highest BCUT2D eigenvalue weighted by atomic mass is 32.2. The number of urea groups is 1. The average molecular weight is 420 g/mol. The van der Waals surface area contributed by atoms with Crippen LogP contribution < -0.4 is 0 Å². The fourth-order valence-corrected chi connectivity index (χ4v) is 3.99. The van der Waals surface area contributed by atoms with Crippen LogP contribution in [-0.4, -0.2) is 68.9 Å². The fourth-order valence-electron chi connectivity index (χ4n) is 3.31. The first-order valence-corrected chi connectivity index (χ1v) is 10.6. The van der Waals surface area contributed by atoms with Gasteiger partial charge in [-0.1, -0.05) is 24.8 Å². The lowest BCUT2D eigenvalue weighted by Gasteiger charge is -2.30. The highest BCUT2D eigenvalue weighted by Crippen LogP contribution is 2.23. The van der Waals surface area contributed by atoms with E-state index >= 15 is 0 Å². The molecule has 0 saturated carbocycles. The average Bonchev–Trinajstić information content (AvgIpc) is 3.14. The molecule has 3 heterocycles. The molecule has 4 amide bonds. The second-order valence-corrected chi connectivity index (χ2v) is 8.27. The van der Waals surface area contributed by atoms with E-state index in [0.717, 1.165) is 30.8 Å². The third-order valence-electron chi connectivity index (χ3n) is 5.17. The molecule has 1 saturated heterocycles. The van der Waals surface area contributed by atoms with Crippen LogP contribution in [0.25, 0.3) is 0 Å². The van der Waals surface area contributed by atoms with E-state index in [1.165, 1.54) is 17.8 Å². The maximum Gasteiger partial charge on any atom is 0.350 e. The zero-order valence-electron chi connectivity index (χ0n) is 16.7. The lowest BCUT2D eigenvalue weighted by Crippen LogP contribution is -2.46. The molecule has 0 N–H and O–H groups in total. The molecule has 0 aromatic carbocycles. The lowest BCUT2D eigenvalue weighted by atomic mass is 9.97. The highest BCUT2D eigenvalue weighted by Gasteiger charge is 2.36. The van der Waals surface area contributed by atoms with Gasteiger partial charge >= 0.3 is 6.03 Å². The molecule has 3 rings (SSSR count). The summed E-state index contributed by atoms with van der Waals surface area (Å²) in [5.74, 6) is 0.239. The molecule has 29 heavy (non-hydrogen) atoms. The zero-order chi connectivity index (χ0) is 21.0. The van der Waals surface area contributed by atoms with Gasteiger partial charge in [0.15, 0.2) is 0 Å². The second kappa shape index (κ2) is 9.34. The van der Waals surface area contributed by atoms with Crippen molar-refractivity contribution in [1.82, 2.24) is 20.0 Å². The number of carbonyl (C=O) groups excluding carboxylic acids is 3. The van der Waals surface area contributed by atoms with Crippen molar-refractivity contribution in [2.45, 2.75) is 38.3 Å². The zero-order valence-corrected chi connectivity index (χ0v) is 17.5. The molecule has 0 radical (unpaired) electrons. The smallest absolute Gasteiger partial charge is 0.350 e. The molecule has 1 aromatic heterocycles. The number of likely N-dealkylation sites (tertiary alicyclic amines) is 1. The normalized spacial score (nSPS) is 20.8. The van der Waals surface area contributed by atoms with E-state index in [1.54, 1.807) is 6.92 Å². The van der Waals surface area contributed by atoms with E-state index in [9.17, 15) is 14.4 Å². The maximum absolute atomic E-state index is 12.6. The minimum absolute atomic E-state index is 0.0608. The number of thioether (sulfide) groups is 1. The Labute approximate surface area is 173 Å². The van der Waals surface area contributed by atoms with Gasteiger partial charge in [-0.3, -0.25) is 14.5 Å². The molecule has 0 bridgehead atoms. The predicted molar refractivity (Wildman–Crippen MR) is 108 cm³/mol. The molecule has 2 aliphatic heterocycles. The minimum atomic E-state index is -0.636. The van der Waals surface area contributed by atoms with Crippen LogP contribution in [0.1, 0.15) is 32.6 Å². The number of rotatable bonds is 7. The SMILES string of the molecule is C=CCN1C(=O)N=C(C)C(Cc2nnc(SCC(=O)N3CCC(C)CC3)o2)C1=O. The molecule has 9 nitrogen and oxygen atoms in total. The molecule has 10 heteroatoms. The Balaban J connectivity index is 1.56. The summed E-state index contributed by atoms with van der Waals surface area (Å²) in [6.07, 6.45) is 3.69. The first-order valence-electron chi connectivity index (χ1n) is 9.63. The number of aromatic nitrogens is 2. The summed E-state index contributed by atoms with van der Waals surface area (Å²) in [6, 6.07) is -0.587. The molecule has 0 spiro atoms. The van der Waals surface area contributed by atoms with Gasteiger partial charge in [-0.05, 0) is 25.7 Å². The van der Waals surface area contributed by atoms with Gasteiger partial charge in [-0.25, -0.2) is 9.79 Å². The van der Waals surface area contributed by atoms with E-state index in [2.05, 4.69) is 28.7 Å². The first-order chi connectivity index (χ1) is 13.9. The Bertz CT molecular complexity index is 828. The molecule has 1 atom stereocenters. The first kappa shape index (κ1) is 21.2. The van der Waals surface area contributed by atoms with E-state index in [0.29, 0.717) is 11.6 Å². The van der Waals surface area contributed by atoms with Gasteiger partial charge in [0, 0.05) is 31.8 Å². The van der Waals surface area contributed by atoms with Gasteiger partial charge in [-0.2, -0.15) is 0 Å². The molecule has 1 aromatic rings. The van der Waals surface area contributed by atoms with Crippen molar-refractivity contribution in [2.75, 3.05) is 25.4 Å². The molecular weight excluding hydrogens is 394 g/mol. The highest BCUT2D eigenvalue weighted by molar-refractivity contribution is 7.99. The standard InChI is InChI=1S/C19H25N5O4S/c1-4-7-24-17(26)14(13(3)20-18(24)27)10-15-21-22-19(28-15)29-11-16(25)23-8-5-12(2)6-9-23/h4,12,14H,1,5-11H2,2-3H3. The van der Waals surface area contributed by atoms with Gasteiger partial charge in [0.1, 0.15) is 0 Å². The summed E-state index contributed by atoms with van der Waals surface area (Å²) in [5, 5.41) is 8.22. The summed E-state index contributed by atoms with van der Waals surface area (Å²) in [4.78, 5) is 43.6. The molecule has 1 fully saturated rings. The van der Waals surface area contributed by atoms with Crippen LogP contribution in [0.3, 0.4) is 0 Å². The third kappa shape index (κ3) is 5.11. The Morgan fingerprint density at radius 1 is 1.31 bits per heavy atom. The van der Waals surface area contributed by atoms with Gasteiger partial charge in [0.2, 0.25) is 17.7 Å². The van der Waals surface area contributed by atoms with Crippen molar-refractivity contribution in [2.24, 2.45) is 16.8 Å². The van der Waals surface area contributed by atoms with Crippen LogP contribution in [0.4, 0.5) is 4.79 Å². The number of carbonyl (C=O) groups is 3. The fraction of sp³-hybridized carbons (Fsp3) is 0.579. The summed E-state index contributed by atoms with van der Waals surface area (Å²) < 4.78 is 5.60. The molecule has 0 aliphatic carbocycles. The topological polar surface area (TPSA) is 109 Å². The number of amides is 4.